The smallest absolute Gasteiger partial charge is 0.0207 e. The maximum Gasteiger partial charge on any atom is 0.0207 e. The molecule has 0 bridgehead atoms. The molecule has 0 radical (unpaired) electrons. The zero-order valence-electron chi connectivity index (χ0n) is 21.1. The van der Waals surface area contributed by atoms with E-state index >= 15 is 0 Å². The van der Waals surface area contributed by atoms with Crippen molar-refractivity contribution in [1.82, 2.24) is 0 Å². The molecule has 8 aromatic rings. The van der Waals surface area contributed by atoms with Crippen LogP contribution in [-0.2, 0) is 0 Å². The topological polar surface area (TPSA) is 0 Å². The van der Waals surface area contributed by atoms with E-state index in [0.29, 0.717) is 0 Å². The molecule has 1 aliphatic rings. The van der Waals surface area contributed by atoms with Crippen molar-refractivity contribution < 1.29 is 0 Å². The Bertz CT molecular complexity index is 2220. The van der Waals surface area contributed by atoms with Gasteiger partial charge in [-0.15, -0.1) is 0 Å². The molecule has 0 fully saturated rings. The van der Waals surface area contributed by atoms with E-state index in [4.69, 9.17) is 0 Å². The van der Waals surface area contributed by atoms with Crippen LogP contribution >= 0.6 is 11.8 Å². The Morgan fingerprint density at radius 2 is 0.949 bits per heavy atom. The maximum absolute atomic E-state index is 2.37. The highest BCUT2D eigenvalue weighted by atomic mass is 32.2. The predicted octanol–water partition coefficient (Wildman–Crippen LogP) is 11.2. The van der Waals surface area contributed by atoms with Gasteiger partial charge in [0.1, 0.15) is 0 Å². The van der Waals surface area contributed by atoms with E-state index in [1.54, 1.807) is 0 Å². The summed E-state index contributed by atoms with van der Waals surface area (Å²) < 4.78 is 0. The molecular formula is C38H22S. The minimum absolute atomic E-state index is 1.25. The number of rotatable bonds is 2. The minimum Gasteiger partial charge on any atom is -0.0888 e. The SMILES string of the molecule is c1cc2c3c(cccc3c1)-c1cc(-c3ccc(-c4ccc5ccc6cccc7ccc4c5c67)cc3)ccc1S2. The van der Waals surface area contributed by atoms with Crippen molar-refractivity contribution in [3.63, 3.8) is 0 Å². The van der Waals surface area contributed by atoms with Gasteiger partial charge in [0.15, 0.2) is 0 Å². The van der Waals surface area contributed by atoms with Crippen LogP contribution in [0.4, 0.5) is 0 Å². The van der Waals surface area contributed by atoms with Crippen LogP contribution in [0.25, 0.3) is 76.5 Å². The number of fused-ring (bicyclic) bond motifs is 2. The predicted molar refractivity (Wildman–Crippen MR) is 168 cm³/mol. The molecule has 0 nitrogen and oxygen atoms in total. The summed E-state index contributed by atoms with van der Waals surface area (Å²) in [6.07, 6.45) is 0. The molecule has 1 heterocycles. The monoisotopic (exact) mass is 510 g/mol. The summed E-state index contributed by atoms with van der Waals surface area (Å²) in [5.74, 6) is 0. The van der Waals surface area contributed by atoms with Crippen LogP contribution in [-0.4, -0.2) is 0 Å². The normalized spacial score (nSPS) is 12.5. The van der Waals surface area contributed by atoms with E-state index in [-0.39, 0.29) is 0 Å². The summed E-state index contributed by atoms with van der Waals surface area (Å²) in [7, 11) is 0. The van der Waals surface area contributed by atoms with Crippen molar-refractivity contribution in [3.8, 4) is 33.4 Å². The van der Waals surface area contributed by atoms with Crippen molar-refractivity contribution >= 4 is 54.9 Å². The molecule has 180 valence electrons. The molecule has 39 heavy (non-hydrogen) atoms. The first kappa shape index (κ1) is 21.4. The summed E-state index contributed by atoms with van der Waals surface area (Å²) >= 11 is 1.88. The maximum atomic E-state index is 2.37. The van der Waals surface area contributed by atoms with E-state index in [1.165, 1.54) is 86.3 Å². The Morgan fingerprint density at radius 1 is 0.333 bits per heavy atom. The quantitative estimate of drug-likeness (QED) is 0.208. The highest BCUT2D eigenvalue weighted by Gasteiger charge is 2.19. The Morgan fingerprint density at radius 3 is 1.77 bits per heavy atom. The molecule has 0 saturated heterocycles. The Kier molecular flexibility index (Phi) is 4.36. The molecule has 1 heteroatoms. The lowest BCUT2D eigenvalue weighted by molar-refractivity contribution is 1.39. The molecular weight excluding hydrogens is 488 g/mol. The zero-order valence-corrected chi connectivity index (χ0v) is 21.9. The van der Waals surface area contributed by atoms with Crippen molar-refractivity contribution in [2.24, 2.45) is 0 Å². The van der Waals surface area contributed by atoms with E-state index in [2.05, 4.69) is 133 Å². The van der Waals surface area contributed by atoms with Gasteiger partial charge >= 0.3 is 0 Å². The standard InChI is InChI=1S/C38H22S/c1-4-26-14-15-28-16-19-30(32-20-17-27(5-1)36(26)38(28)32)24-12-10-23(11-13-24)29-18-21-34-33(22-29)31-8-2-6-25-7-3-9-35(39-34)37(25)31/h1-22H. The van der Waals surface area contributed by atoms with Crippen molar-refractivity contribution in [3.05, 3.63) is 133 Å². The Hall–Kier alpha value is -4.59. The van der Waals surface area contributed by atoms with Crippen molar-refractivity contribution in [1.29, 1.82) is 0 Å². The second-order valence-corrected chi connectivity index (χ2v) is 11.6. The molecule has 1 aliphatic heterocycles. The first-order valence-electron chi connectivity index (χ1n) is 13.4. The van der Waals surface area contributed by atoms with Crippen LogP contribution in [0, 0.1) is 0 Å². The lowest BCUT2D eigenvalue weighted by atomic mass is 9.89. The summed E-state index contributed by atoms with van der Waals surface area (Å²) in [4.78, 5) is 2.68. The minimum atomic E-state index is 1.25. The van der Waals surface area contributed by atoms with Crippen LogP contribution < -0.4 is 0 Å². The van der Waals surface area contributed by atoms with Crippen LogP contribution in [0.1, 0.15) is 0 Å². The van der Waals surface area contributed by atoms with Crippen LogP contribution in [0.3, 0.4) is 0 Å². The van der Waals surface area contributed by atoms with Gasteiger partial charge in [0.25, 0.3) is 0 Å². The molecule has 0 aromatic heterocycles. The lowest BCUT2D eigenvalue weighted by Crippen LogP contribution is -1.93. The molecule has 0 atom stereocenters. The van der Waals surface area contributed by atoms with Gasteiger partial charge in [-0.25, -0.2) is 0 Å². The molecule has 0 amide bonds. The summed E-state index contributed by atoms with van der Waals surface area (Å²) in [5, 5.41) is 10.7. The molecule has 0 N–H and O–H groups in total. The largest absolute Gasteiger partial charge is 0.0888 e. The van der Waals surface area contributed by atoms with Crippen LogP contribution in [0.5, 0.6) is 0 Å². The number of hydrogen-bond donors (Lipinski definition) is 0. The van der Waals surface area contributed by atoms with Gasteiger partial charge in [0.2, 0.25) is 0 Å². The fourth-order valence-corrected chi connectivity index (χ4v) is 7.70. The van der Waals surface area contributed by atoms with Crippen molar-refractivity contribution in [2.45, 2.75) is 9.79 Å². The molecule has 0 aliphatic carbocycles. The second-order valence-electron chi connectivity index (χ2n) is 10.5. The van der Waals surface area contributed by atoms with Gasteiger partial charge in [0.05, 0.1) is 0 Å². The second kappa shape index (κ2) is 7.96. The number of hydrogen-bond acceptors (Lipinski definition) is 1. The third kappa shape index (κ3) is 3.08. The molecule has 0 unspecified atom stereocenters. The Labute approximate surface area is 230 Å². The lowest BCUT2D eigenvalue weighted by Gasteiger charge is -2.21. The van der Waals surface area contributed by atoms with Gasteiger partial charge in [-0.3, -0.25) is 0 Å². The van der Waals surface area contributed by atoms with E-state index < -0.39 is 0 Å². The van der Waals surface area contributed by atoms with E-state index in [9.17, 15) is 0 Å². The fourth-order valence-electron chi connectivity index (χ4n) is 6.57. The zero-order chi connectivity index (χ0) is 25.5. The van der Waals surface area contributed by atoms with Crippen LogP contribution in [0.2, 0.25) is 0 Å². The molecule has 9 rings (SSSR count). The van der Waals surface area contributed by atoms with E-state index in [0.717, 1.165) is 0 Å². The first-order chi connectivity index (χ1) is 19.3. The van der Waals surface area contributed by atoms with Gasteiger partial charge < -0.3 is 0 Å². The fraction of sp³-hybridized carbons (Fsp3) is 0. The summed E-state index contributed by atoms with van der Waals surface area (Å²) in [6.45, 7) is 0. The van der Waals surface area contributed by atoms with Gasteiger partial charge in [-0.2, -0.15) is 0 Å². The molecule has 8 aromatic carbocycles. The third-order valence-electron chi connectivity index (χ3n) is 8.41. The Balaban J connectivity index is 1.16. The van der Waals surface area contributed by atoms with Gasteiger partial charge in [-0.1, -0.05) is 127 Å². The number of benzene rings is 8. The van der Waals surface area contributed by atoms with Gasteiger partial charge in [-0.05, 0) is 89.3 Å². The first-order valence-corrected chi connectivity index (χ1v) is 14.2. The molecule has 0 saturated carbocycles. The highest BCUT2D eigenvalue weighted by molar-refractivity contribution is 7.99. The van der Waals surface area contributed by atoms with Crippen molar-refractivity contribution in [2.75, 3.05) is 0 Å². The highest BCUT2D eigenvalue weighted by Crippen LogP contribution is 2.49. The third-order valence-corrected chi connectivity index (χ3v) is 9.55. The van der Waals surface area contributed by atoms with Crippen LogP contribution in [0.15, 0.2) is 143 Å². The summed E-state index contributed by atoms with van der Waals surface area (Å²) in [5.41, 5.74) is 7.71. The summed E-state index contributed by atoms with van der Waals surface area (Å²) in [6, 6.07) is 49.6. The molecule has 0 spiro atoms. The average molecular weight is 511 g/mol. The van der Waals surface area contributed by atoms with E-state index in [1.807, 2.05) is 11.8 Å². The van der Waals surface area contributed by atoms with Gasteiger partial charge in [0, 0.05) is 15.2 Å². The average Bonchev–Trinajstić information content (AvgIpc) is 3.00.